The highest BCUT2D eigenvalue weighted by Gasteiger charge is 2.29. The summed E-state index contributed by atoms with van der Waals surface area (Å²) in [5.74, 6) is 0.597. The smallest absolute Gasteiger partial charge is 0.315 e. The SMILES string of the molecule is C=CCNc1nnc(C(C)(C)c2ccccc2)o1. The Morgan fingerprint density at radius 1 is 1.28 bits per heavy atom. The second-order valence-corrected chi connectivity index (χ2v) is 4.57. The Balaban J connectivity index is 2.24. The summed E-state index contributed by atoms with van der Waals surface area (Å²) >= 11 is 0. The standard InChI is InChI=1S/C14H17N3O/c1-4-10-15-13-17-16-12(18-13)14(2,3)11-8-6-5-7-9-11/h4-9H,1,10H2,2-3H3,(H,15,17). The maximum atomic E-state index is 5.62. The van der Waals surface area contributed by atoms with E-state index >= 15 is 0 Å². The Hall–Kier alpha value is -2.10. The number of nitrogens with one attached hydrogen (secondary N) is 1. The van der Waals surface area contributed by atoms with Crippen LogP contribution in [0.1, 0.15) is 25.3 Å². The van der Waals surface area contributed by atoms with Crippen molar-refractivity contribution in [2.45, 2.75) is 19.3 Å². The van der Waals surface area contributed by atoms with E-state index < -0.39 is 0 Å². The molecule has 0 atom stereocenters. The molecule has 0 aliphatic heterocycles. The summed E-state index contributed by atoms with van der Waals surface area (Å²) in [6, 6.07) is 10.5. The van der Waals surface area contributed by atoms with Crippen LogP contribution in [0.4, 0.5) is 6.01 Å². The highest BCUT2D eigenvalue weighted by molar-refractivity contribution is 5.31. The molecule has 0 unspecified atom stereocenters. The van der Waals surface area contributed by atoms with Gasteiger partial charge >= 0.3 is 6.01 Å². The van der Waals surface area contributed by atoms with Crippen molar-refractivity contribution in [1.29, 1.82) is 0 Å². The van der Waals surface area contributed by atoms with Crippen LogP contribution in [0.2, 0.25) is 0 Å². The van der Waals surface area contributed by atoms with Crippen LogP contribution in [-0.4, -0.2) is 16.7 Å². The number of rotatable bonds is 5. The minimum absolute atomic E-state index is 0.303. The monoisotopic (exact) mass is 243 g/mol. The van der Waals surface area contributed by atoms with Crippen molar-refractivity contribution in [3.05, 3.63) is 54.4 Å². The Labute approximate surface area is 107 Å². The van der Waals surface area contributed by atoms with Gasteiger partial charge in [-0.1, -0.05) is 41.5 Å². The zero-order valence-electron chi connectivity index (χ0n) is 10.7. The molecule has 0 bridgehead atoms. The maximum absolute atomic E-state index is 5.62. The van der Waals surface area contributed by atoms with Crippen LogP contribution < -0.4 is 5.32 Å². The van der Waals surface area contributed by atoms with Crippen LogP contribution in [0.3, 0.4) is 0 Å². The fourth-order valence-electron chi connectivity index (χ4n) is 1.69. The molecule has 2 aromatic rings. The fourth-order valence-corrected chi connectivity index (χ4v) is 1.69. The van der Waals surface area contributed by atoms with Gasteiger partial charge in [-0.15, -0.1) is 11.7 Å². The molecule has 0 fully saturated rings. The average molecular weight is 243 g/mol. The van der Waals surface area contributed by atoms with Crippen molar-refractivity contribution < 1.29 is 4.42 Å². The molecule has 1 heterocycles. The fraction of sp³-hybridized carbons (Fsp3) is 0.286. The van der Waals surface area contributed by atoms with Gasteiger partial charge in [-0.25, -0.2) is 0 Å². The second-order valence-electron chi connectivity index (χ2n) is 4.57. The lowest BCUT2D eigenvalue weighted by molar-refractivity contribution is 0.420. The van der Waals surface area contributed by atoms with Crippen LogP contribution >= 0.6 is 0 Å². The Kier molecular flexibility index (Phi) is 3.46. The van der Waals surface area contributed by atoms with E-state index in [1.165, 1.54) is 0 Å². The van der Waals surface area contributed by atoms with E-state index in [-0.39, 0.29) is 5.41 Å². The third-order valence-electron chi connectivity index (χ3n) is 2.85. The molecule has 1 N–H and O–H groups in total. The van der Waals surface area contributed by atoms with Gasteiger partial charge in [0.05, 0.1) is 5.41 Å². The molecular weight excluding hydrogens is 226 g/mol. The number of hydrogen-bond donors (Lipinski definition) is 1. The predicted octanol–water partition coefficient (Wildman–Crippen LogP) is 2.99. The van der Waals surface area contributed by atoms with E-state index in [0.717, 1.165) is 5.56 Å². The first-order chi connectivity index (χ1) is 8.64. The largest absolute Gasteiger partial charge is 0.407 e. The molecule has 0 aliphatic rings. The summed E-state index contributed by atoms with van der Waals surface area (Å²) in [5, 5.41) is 11.1. The maximum Gasteiger partial charge on any atom is 0.315 e. The van der Waals surface area contributed by atoms with Gasteiger partial charge in [0, 0.05) is 6.54 Å². The Morgan fingerprint density at radius 3 is 2.67 bits per heavy atom. The van der Waals surface area contributed by atoms with Crippen LogP contribution in [0, 0.1) is 0 Å². The molecule has 0 saturated carbocycles. The summed E-state index contributed by atoms with van der Waals surface area (Å²) in [6.07, 6.45) is 1.74. The van der Waals surface area contributed by atoms with Crippen molar-refractivity contribution in [3.8, 4) is 0 Å². The first-order valence-electron chi connectivity index (χ1n) is 5.89. The van der Waals surface area contributed by atoms with Crippen LogP contribution in [-0.2, 0) is 5.41 Å². The van der Waals surface area contributed by atoms with E-state index in [9.17, 15) is 0 Å². The number of aromatic nitrogens is 2. The van der Waals surface area contributed by atoms with Crippen LogP contribution in [0.15, 0.2) is 47.4 Å². The van der Waals surface area contributed by atoms with Crippen molar-refractivity contribution >= 4 is 6.01 Å². The lowest BCUT2D eigenvalue weighted by Crippen LogP contribution is -2.19. The third-order valence-corrected chi connectivity index (χ3v) is 2.85. The summed E-state index contributed by atoms with van der Waals surface area (Å²) < 4.78 is 5.62. The Morgan fingerprint density at radius 2 is 2.00 bits per heavy atom. The van der Waals surface area contributed by atoms with Crippen molar-refractivity contribution in [3.63, 3.8) is 0 Å². The zero-order chi connectivity index (χ0) is 13.0. The summed E-state index contributed by atoms with van der Waals surface area (Å²) in [5.41, 5.74) is 0.839. The number of benzene rings is 1. The predicted molar refractivity (Wildman–Crippen MR) is 71.6 cm³/mol. The van der Waals surface area contributed by atoms with Gasteiger partial charge < -0.3 is 9.73 Å². The van der Waals surface area contributed by atoms with Crippen molar-refractivity contribution in [1.82, 2.24) is 10.2 Å². The van der Waals surface area contributed by atoms with Crippen LogP contribution in [0.25, 0.3) is 0 Å². The number of anilines is 1. The quantitative estimate of drug-likeness (QED) is 0.820. The lowest BCUT2D eigenvalue weighted by atomic mass is 9.85. The van der Waals surface area contributed by atoms with Gasteiger partial charge in [0.15, 0.2) is 0 Å². The van der Waals surface area contributed by atoms with Gasteiger partial charge in [0.25, 0.3) is 0 Å². The van der Waals surface area contributed by atoms with Crippen molar-refractivity contribution in [2.75, 3.05) is 11.9 Å². The molecule has 94 valence electrons. The molecule has 4 nitrogen and oxygen atoms in total. The van der Waals surface area contributed by atoms with Gasteiger partial charge in [0.1, 0.15) is 0 Å². The van der Waals surface area contributed by atoms with Gasteiger partial charge in [-0.2, -0.15) is 0 Å². The molecule has 0 saturated heterocycles. The highest BCUT2D eigenvalue weighted by atomic mass is 16.4. The molecule has 1 aromatic carbocycles. The zero-order valence-corrected chi connectivity index (χ0v) is 10.7. The molecule has 0 spiro atoms. The van der Waals surface area contributed by atoms with Crippen LogP contribution in [0.5, 0.6) is 0 Å². The normalized spacial score (nSPS) is 11.2. The first kappa shape index (κ1) is 12.4. The molecule has 2 rings (SSSR count). The molecule has 0 aliphatic carbocycles. The summed E-state index contributed by atoms with van der Waals surface area (Å²) in [7, 11) is 0. The molecule has 0 amide bonds. The minimum Gasteiger partial charge on any atom is -0.407 e. The molecule has 18 heavy (non-hydrogen) atoms. The topological polar surface area (TPSA) is 51.0 Å². The number of hydrogen-bond acceptors (Lipinski definition) is 4. The third kappa shape index (κ3) is 2.42. The van der Waals surface area contributed by atoms with Gasteiger partial charge in [0.2, 0.25) is 5.89 Å². The highest BCUT2D eigenvalue weighted by Crippen LogP contribution is 2.30. The van der Waals surface area contributed by atoms with Crippen molar-refractivity contribution in [2.24, 2.45) is 0 Å². The second kappa shape index (κ2) is 5.04. The van der Waals surface area contributed by atoms with E-state index in [1.54, 1.807) is 6.08 Å². The molecular formula is C14H17N3O. The lowest BCUT2D eigenvalue weighted by Gasteiger charge is -2.20. The molecule has 0 radical (unpaired) electrons. The first-order valence-corrected chi connectivity index (χ1v) is 5.89. The van der Waals surface area contributed by atoms with Gasteiger partial charge in [-0.3, -0.25) is 0 Å². The summed E-state index contributed by atoms with van der Waals surface area (Å²) in [4.78, 5) is 0. The van der Waals surface area contributed by atoms with E-state index in [1.807, 2.05) is 18.2 Å². The average Bonchev–Trinajstić information content (AvgIpc) is 2.87. The Bertz CT molecular complexity index is 517. The summed E-state index contributed by atoms with van der Waals surface area (Å²) in [6.45, 7) is 8.36. The van der Waals surface area contributed by atoms with E-state index in [2.05, 4.69) is 48.1 Å². The van der Waals surface area contributed by atoms with E-state index in [4.69, 9.17) is 4.42 Å². The van der Waals surface area contributed by atoms with Gasteiger partial charge in [-0.05, 0) is 19.4 Å². The molecule has 4 heteroatoms. The van der Waals surface area contributed by atoms with E-state index in [0.29, 0.717) is 18.5 Å². The molecule has 1 aromatic heterocycles. The number of nitrogens with zero attached hydrogens (tertiary/aromatic N) is 2. The minimum atomic E-state index is -0.303.